The van der Waals surface area contributed by atoms with Crippen LogP contribution in [0.15, 0.2) is 27.9 Å². The first-order chi connectivity index (χ1) is 9.81. The van der Waals surface area contributed by atoms with E-state index in [1.807, 2.05) is 0 Å². The maximum Gasteiger partial charge on any atom is 0.339 e. The molecule has 1 N–H and O–H groups in total. The summed E-state index contributed by atoms with van der Waals surface area (Å²) in [6.45, 7) is 0.0256. The number of carbonyl (C=O) groups is 1. The molecule has 0 amide bonds. The fourth-order valence-corrected chi connectivity index (χ4v) is 2.27. The van der Waals surface area contributed by atoms with E-state index in [-0.39, 0.29) is 16.6 Å². The number of aromatic nitrogens is 3. The van der Waals surface area contributed by atoms with Crippen molar-refractivity contribution in [3.63, 3.8) is 0 Å². The number of carboxylic acid groups (broad SMARTS) is 1. The number of carboxylic acids is 1. The van der Waals surface area contributed by atoms with Gasteiger partial charge >= 0.3 is 11.7 Å². The van der Waals surface area contributed by atoms with Crippen LogP contribution in [-0.2, 0) is 13.6 Å². The number of nitrogens with zero attached hydrogens (tertiary/aromatic N) is 4. The highest BCUT2D eigenvalue weighted by Crippen LogP contribution is 2.14. The molecule has 21 heavy (non-hydrogen) atoms. The molecule has 110 valence electrons. The molecule has 0 aliphatic rings. The molecule has 0 bridgehead atoms. The molecule has 0 spiro atoms. The second-order valence-electron chi connectivity index (χ2n) is 4.18. The molecule has 0 saturated heterocycles. The summed E-state index contributed by atoms with van der Waals surface area (Å²) in [5.74, 6) is -1.15. The number of hydrogen-bond acceptors (Lipinski definition) is 5. The van der Waals surface area contributed by atoms with Crippen molar-refractivity contribution in [2.45, 2.75) is 6.54 Å². The van der Waals surface area contributed by atoms with E-state index in [4.69, 9.17) is 5.11 Å². The predicted octanol–water partition coefficient (Wildman–Crippen LogP) is 0.999. The largest absolute Gasteiger partial charge is 0.478 e. The predicted molar refractivity (Wildman–Crippen MR) is 74.3 cm³/mol. The molecule has 0 fully saturated rings. The Morgan fingerprint density at radius 1 is 1.52 bits per heavy atom. The highest BCUT2D eigenvalue weighted by atomic mass is 79.9. The summed E-state index contributed by atoms with van der Waals surface area (Å²) in [6.07, 6.45) is 3.61. The lowest BCUT2D eigenvalue weighted by Gasteiger charge is -2.08. The van der Waals surface area contributed by atoms with Crippen molar-refractivity contribution < 1.29 is 14.8 Å². The molecule has 10 heteroatoms. The van der Waals surface area contributed by atoms with Crippen molar-refractivity contribution in [1.82, 2.24) is 14.3 Å². The SMILES string of the molecule is Cn1ncc(C(=O)O)c1Cn1cc(Br)c(=O)c([N+](=O)[O-])c1. The van der Waals surface area contributed by atoms with Gasteiger partial charge in [0.15, 0.2) is 0 Å². The average molecular weight is 357 g/mol. The van der Waals surface area contributed by atoms with Crippen LogP contribution in [0.25, 0.3) is 0 Å². The van der Waals surface area contributed by atoms with Gasteiger partial charge < -0.3 is 9.67 Å². The van der Waals surface area contributed by atoms with E-state index >= 15 is 0 Å². The lowest BCUT2D eigenvalue weighted by atomic mass is 10.2. The Morgan fingerprint density at radius 2 is 2.19 bits per heavy atom. The zero-order valence-electron chi connectivity index (χ0n) is 10.7. The minimum Gasteiger partial charge on any atom is -0.478 e. The first-order valence-corrected chi connectivity index (χ1v) is 6.38. The van der Waals surface area contributed by atoms with Gasteiger partial charge in [0, 0.05) is 13.2 Å². The minimum absolute atomic E-state index is 0.00465. The average Bonchev–Trinajstić information content (AvgIpc) is 2.75. The molecular weight excluding hydrogens is 348 g/mol. The maximum absolute atomic E-state index is 11.6. The fraction of sp³-hybridized carbons (Fsp3) is 0.182. The first-order valence-electron chi connectivity index (χ1n) is 5.59. The summed E-state index contributed by atoms with van der Waals surface area (Å²) < 4.78 is 2.74. The number of aryl methyl sites for hydroxylation is 1. The Bertz CT molecular complexity index is 794. The standard InChI is InChI=1S/C11H9BrN4O5/c1-14-8(6(2-13-14)11(18)19)4-15-3-7(12)10(17)9(5-15)16(20)21/h2-3,5H,4H2,1H3,(H,18,19). The summed E-state index contributed by atoms with van der Waals surface area (Å²) >= 11 is 2.96. The lowest BCUT2D eigenvalue weighted by molar-refractivity contribution is -0.386. The number of nitro groups is 1. The van der Waals surface area contributed by atoms with Crippen LogP contribution in [0, 0.1) is 10.1 Å². The van der Waals surface area contributed by atoms with Crippen molar-refractivity contribution >= 4 is 27.6 Å². The van der Waals surface area contributed by atoms with Gasteiger partial charge in [0.2, 0.25) is 0 Å². The zero-order chi connectivity index (χ0) is 15.7. The normalized spacial score (nSPS) is 10.6. The maximum atomic E-state index is 11.6. The molecule has 9 nitrogen and oxygen atoms in total. The van der Waals surface area contributed by atoms with Gasteiger partial charge in [-0.3, -0.25) is 19.6 Å². The Labute approximate surface area is 125 Å². The van der Waals surface area contributed by atoms with Crippen LogP contribution < -0.4 is 5.43 Å². The molecule has 2 aromatic heterocycles. The minimum atomic E-state index is -1.15. The van der Waals surface area contributed by atoms with Crippen LogP contribution in [0.5, 0.6) is 0 Å². The van der Waals surface area contributed by atoms with Crippen molar-refractivity contribution in [1.29, 1.82) is 0 Å². The van der Waals surface area contributed by atoms with Gasteiger partial charge in [-0.05, 0) is 15.9 Å². The van der Waals surface area contributed by atoms with Crippen LogP contribution in [-0.4, -0.2) is 30.3 Å². The van der Waals surface area contributed by atoms with E-state index in [0.717, 1.165) is 6.20 Å². The van der Waals surface area contributed by atoms with Crippen LogP contribution in [0.3, 0.4) is 0 Å². The van der Waals surface area contributed by atoms with Gasteiger partial charge in [-0.1, -0.05) is 0 Å². The first kappa shape index (κ1) is 14.9. The van der Waals surface area contributed by atoms with Gasteiger partial charge in [-0.15, -0.1) is 0 Å². The van der Waals surface area contributed by atoms with Crippen LogP contribution >= 0.6 is 15.9 Å². The van der Waals surface area contributed by atoms with Gasteiger partial charge in [-0.2, -0.15) is 5.10 Å². The van der Waals surface area contributed by atoms with Gasteiger partial charge in [0.05, 0.1) is 34.0 Å². The molecule has 2 aromatic rings. The lowest BCUT2D eigenvalue weighted by Crippen LogP contribution is -2.16. The van der Waals surface area contributed by atoms with Crippen molar-refractivity contribution in [2.75, 3.05) is 0 Å². The number of rotatable bonds is 4. The Balaban J connectivity index is 2.50. The highest BCUT2D eigenvalue weighted by Gasteiger charge is 2.19. The summed E-state index contributed by atoms with van der Waals surface area (Å²) in [4.78, 5) is 32.7. The molecule has 2 rings (SSSR count). The molecule has 2 heterocycles. The smallest absolute Gasteiger partial charge is 0.339 e. The number of hydrogen-bond donors (Lipinski definition) is 1. The van der Waals surface area contributed by atoms with Crippen LogP contribution in [0.1, 0.15) is 16.1 Å². The Kier molecular flexibility index (Phi) is 3.89. The highest BCUT2D eigenvalue weighted by molar-refractivity contribution is 9.10. The van der Waals surface area contributed by atoms with Gasteiger partial charge in [-0.25, -0.2) is 4.79 Å². The second kappa shape index (κ2) is 5.48. The van der Waals surface area contributed by atoms with E-state index in [9.17, 15) is 19.7 Å². The Hall–Kier alpha value is -2.49. The van der Waals surface area contributed by atoms with Gasteiger partial charge in [0.25, 0.3) is 5.43 Å². The number of aromatic carboxylic acids is 1. The van der Waals surface area contributed by atoms with Crippen molar-refractivity contribution in [2.24, 2.45) is 7.05 Å². The van der Waals surface area contributed by atoms with E-state index in [2.05, 4.69) is 21.0 Å². The number of pyridine rings is 1. The van der Waals surface area contributed by atoms with Crippen molar-refractivity contribution in [3.05, 3.63) is 54.7 Å². The summed E-state index contributed by atoms with van der Waals surface area (Å²) in [5.41, 5.74) is -0.981. The molecule has 0 saturated carbocycles. The van der Waals surface area contributed by atoms with E-state index < -0.39 is 22.0 Å². The third-order valence-corrected chi connectivity index (χ3v) is 3.40. The molecule has 0 aliphatic heterocycles. The zero-order valence-corrected chi connectivity index (χ0v) is 12.3. The quantitative estimate of drug-likeness (QED) is 0.644. The van der Waals surface area contributed by atoms with Gasteiger partial charge in [0.1, 0.15) is 5.56 Å². The second-order valence-corrected chi connectivity index (χ2v) is 5.04. The third kappa shape index (κ3) is 2.84. The molecule has 0 aromatic carbocycles. The summed E-state index contributed by atoms with van der Waals surface area (Å²) in [7, 11) is 1.56. The Morgan fingerprint density at radius 3 is 2.76 bits per heavy atom. The molecule has 0 atom stereocenters. The summed E-state index contributed by atoms with van der Waals surface area (Å²) in [6, 6.07) is 0. The fourth-order valence-electron chi connectivity index (χ4n) is 1.80. The topological polar surface area (TPSA) is 120 Å². The van der Waals surface area contributed by atoms with E-state index in [0.29, 0.717) is 5.69 Å². The number of halogens is 1. The molecular formula is C11H9BrN4O5. The summed E-state index contributed by atoms with van der Waals surface area (Å²) in [5, 5.41) is 23.7. The van der Waals surface area contributed by atoms with E-state index in [1.165, 1.54) is 21.6 Å². The third-order valence-electron chi connectivity index (χ3n) is 2.84. The van der Waals surface area contributed by atoms with Crippen LogP contribution in [0.2, 0.25) is 0 Å². The monoisotopic (exact) mass is 356 g/mol. The van der Waals surface area contributed by atoms with Crippen molar-refractivity contribution in [3.8, 4) is 0 Å². The van der Waals surface area contributed by atoms with Crippen LogP contribution in [0.4, 0.5) is 5.69 Å². The molecule has 0 aliphatic carbocycles. The molecule has 0 radical (unpaired) electrons. The molecule has 0 unspecified atom stereocenters. The van der Waals surface area contributed by atoms with E-state index in [1.54, 1.807) is 7.05 Å².